The van der Waals surface area contributed by atoms with Crippen LogP contribution in [0, 0.1) is 0 Å². The van der Waals surface area contributed by atoms with Gasteiger partial charge in [-0.15, -0.1) is 0 Å². The van der Waals surface area contributed by atoms with Gasteiger partial charge in [-0.1, -0.05) is 60.7 Å². The van der Waals surface area contributed by atoms with E-state index in [2.05, 4.69) is 37.9 Å². The molecule has 2 aromatic rings. The molecule has 0 aliphatic heterocycles. The zero-order valence-electron chi connectivity index (χ0n) is 12.4. The van der Waals surface area contributed by atoms with Crippen molar-refractivity contribution in [3.8, 4) is 0 Å². The summed E-state index contributed by atoms with van der Waals surface area (Å²) >= 11 is 0. The third-order valence-corrected chi connectivity index (χ3v) is 3.83. The predicted octanol–water partition coefficient (Wildman–Crippen LogP) is 3.80. The highest BCUT2D eigenvalue weighted by Crippen LogP contribution is 2.34. The van der Waals surface area contributed by atoms with Crippen LogP contribution in [0.5, 0.6) is 0 Å². The Morgan fingerprint density at radius 3 is 1.70 bits per heavy atom. The average molecular weight is 269 g/mol. The summed E-state index contributed by atoms with van der Waals surface area (Å²) in [6, 6.07) is 20.4. The summed E-state index contributed by atoms with van der Waals surface area (Å²) in [5, 5.41) is 10.8. The van der Waals surface area contributed by atoms with Crippen LogP contribution in [0.2, 0.25) is 0 Å². The standard InChI is InChI=1S/C18H23NO/c1-14(2)19(3)17(15-10-6-4-7-11-15)18(20)16-12-8-5-9-13-16/h4-14,17-18,20H,1-3H3/t17-,18+/m1/s1. The van der Waals surface area contributed by atoms with Crippen molar-refractivity contribution in [2.24, 2.45) is 0 Å². The van der Waals surface area contributed by atoms with E-state index in [0.29, 0.717) is 6.04 Å². The van der Waals surface area contributed by atoms with Gasteiger partial charge in [-0.3, -0.25) is 4.90 Å². The van der Waals surface area contributed by atoms with Crippen LogP contribution in [0.4, 0.5) is 0 Å². The molecule has 0 aliphatic rings. The second kappa shape index (κ2) is 6.69. The van der Waals surface area contributed by atoms with Gasteiger partial charge < -0.3 is 5.11 Å². The summed E-state index contributed by atoms with van der Waals surface area (Å²) in [7, 11) is 2.06. The fourth-order valence-electron chi connectivity index (χ4n) is 2.44. The van der Waals surface area contributed by atoms with E-state index in [4.69, 9.17) is 0 Å². The van der Waals surface area contributed by atoms with Crippen molar-refractivity contribution >= 4 is 0 Å². The Balaban J connectivity index is 2.37. The van der Waals surface area contributed by atoms with Crippen molar-refractivity contribution in [2.45, 2.75) is 32.0 Å². The lowest BCUT2D eigenvalue weighted by atomic mass is 9.94. The summed E-state index contributed by atoms with van der Waals surface area (Å²) in [6.07, 6.45) is -0.536. The highest BCUT2D eigenvalue weighted by molar-refractivity contribution is 5.26. The maximum atomic E-state index is 10.8. The van der Waals surface area contributed by atoms with E-state index in [1.54, 1.807) is 0 Å². The molecule has 0 aromatic heterocycles. The van der Waals surface area contributed by atoms with Crippen molar-refractivity contribution in [1.82, 2.24) is 4.90 Å². The molecule has 0 bridgehead atoms. The summed E-state index contributed by atoms with van der Waals surface area (Å²) in [5.41, 5.74) is 2.09. The molecule has 2 aromatic carbocycles. The molecule has 1 N–H and O–H groups in total. The molecule has 0 fully saturated rings. The Hall–Kier alpha value is -1.64. The topological polar surface area (TPSA) is 23.5 Å². The van der Waals surface area contributed by atoms with Gasteiger partial charge in [0.1, 0.15) is 0 Å². The number of aliphatic hydroxyl groups is 1. The SMILES string of the molecule is CC(C)N(C)[C@H](c1ccccc1)[C@@H](O)c1ccccc1. The van der Waals surface area contributed by atoms with Crippen molar-refractivity contribution in [2.75, 3.05) is 7.05 Å². The zero-order chi connectivity index (χ0) is 14.5. The Bertz CT molecular complexity index is 509. The van der Waals surface area contributed by atoms with Gasteiger partial charge in [-0.2, -0.15) is 0 Å². The molecule has 0 aliphatic carbocycles. The van der Waals surface area contributed by atoms with Gasteiger partial charge in [0.05, 0.1) is 12.1 Å². The zero-order valence-corrected chi connectivity index (χ0v) is 12.4. The number of aliphatic hydroxyl groups excluding tert-OH is 1. The lowest BCUT2D eigenvalue weighted by molar-refractivity contribution is 0.0461. The first kappa shape index (κ1) is 14.8. The number of hydrogen-bond donors (Lipinski definition) is 1. The van der Waals surface area contributed by atoms with E-state index in [1.165, 1.54) is 0 Å². The van der Waals surface area contributed by atoms with E-state index >= 15 is 0 Å². The quantitative estimate of drug-likeness (QED) is 0.892. The Morgan fingerprint density at radius 1 is 0.800 bits per heavy atom. The van der Waals surface area contributed by atoms with Crippen LogP contribution in [0.15, 0.2) is 60.7 Å². The minimum atomic E-state index is -0.536. The molecule has 0 amide bonds. The van der Waals surface area contributed by atoms with Crippen molar-refractivity contribution in [1.29, 1.82) is 0 Å². The van der Waals surface area contributed by atoms with Gasteiger partial charge >= 0.3 is 0 Å². The Morgan fingerprint density at radius 2 is 1.25 bits per heavy atom. The van der Waals surface area contributed by atoms with Crippen LogP contribution in [-0.4, -0.2) is 23.1 Å². The summed E-state index contributed by atoms with van der Waals surface area (Å²) in [6.45, 7) is 4.29. The minimum Gasteiger partial charge on any atom is -0.386 e. The molecule has 0 spiro atoms. The highest BCUT2D eigenvalue weighted by atomic mass is 16.3. The van der Waals surface area contributed by atoms with Crippen LogP contribution in [0.25, 0.3) is 0 Å². The summed E-state index contributed by atoms with van der Waals surface area (Å²) < 4.78 is 0. The normalized spacial score (nSPS) is 14.5. The van der Waals surface area contributed by atoms with E-state index in [0.717, 1.165) is 11.1 Å². The molecule has 0 saturated carbocycles. The molecular formula is C18H23NO. The van der Waals surface area contributed by atoms with E-state index in [9.17, 15) is 5.11 Å². The molecule has 2 heteroatoms. The second-order valence-electron chi connectivity index (χ2n) is 5.47. The Kier molecular flexibility index (Phi) is 4.94. The van der Waals surface area contributed by atoms with Crippen LogP contribution in [0.3, 0.4) is 0 Å². The van der Waals surface area contributed by atoms with Gasteiger partial charge in [0.25, 0.3) is 0 Å². The van der Waals surface area contributed by atoms with Gasteiger partial charge in [0.2, 0.25) is 0 Å². The molecular weight excluding hydrogens is 246 g/mol. The van der Waals surface area contributed by atoms with E-state index in [-0.39, 0.29) is 6.04 Å². The van der Waals surface area contributed by atoms with Gasteiger partial charge in [-0.25, -0.2) is 0 Å². The second-order valence-corrected chi connectivity index (χ2v) is 5.47. The van der Waals surface area contributed by atoms with Gasteiger partial charge in [-0.05, 0) is 32.0 Å². The molecule has 2 atom stereocenters. The fraction of sp³-hybridized carbons (Fsp3) is 0.333. The fourth-order valence-corrected chi connectivity index (χ4v) is 2.44. The monoisotopic (exact) mass is 269 g/mol. The smallest absolute Gasteiger partial charge is 0.0986 e. The minimum absolute atomic E-state index is 0.0430. The predicted molar refractivity (Wildman–Crippen MR) is 83.5 cm³/mol. The first-order chi connectivity index (χ1) is 9.61. The third-order valence-electron chi connectivity index (χ3n) is 3.83. The third kappa shape index (κ3) is 3.27. The highest BCUT2D eigenvalue weighted by Gasteiger charge is 2.27. The van der Waals surface area contributed by atoms with Gasteiger partial charge in [0, 0.05) is 6.04 Å². The van der Waals surface area contributed by atoms with Crippen LogP contribution in [0.1, 0.15) is 37.1 Å². The van der Waals surface area contributed by atoms with Crippen LogP contribution >= 0.6 is 0 Å². The molecule has 0 saturated heterocycles. The molecule has 20 heavy (non-hydrogen) atoms. The number of nitrogens with zero attached hydrogens (tertiary/aromatic N) is 1. The van der Waals surface area contributed by atoms with E-state index < -0.39 is 6.10 Å². The first-order valence-electron chi connectivity index (χ1n) is 7.11. The van der Waals surface area contributed by atoms with Crippen molar-refractivity contribution in [3.63, 3.8) is 0 Å². The summed E-state index contributed by atoms with van der Waals surface area (Å²) in [4.78, 5) is 2.22. The maximum absolute atomic E-state index is 10.8. The van der Waals surface area contributed by atoms with Crippen LogP contribution < -0.4 is 0 Å². The molecule has 0 radical (unpaired) electrons. The largest absolute Gasteiger partial charge is 0.386 e. The lowest BCUT2D eigenvalue weighted by Gasteiger charge is -2.35. The number of hydrogen-bond acceptors (Lipinski definition) is 2. The number of likely N-dealkylation sites (N-methyl/N-ethyl adjacent to an activating group) is 1. The molecule has 2 rings (SSSR count). The number of rotatable bonds is 5. The molecule has 0 unspecified atom stereocenters. The van der Waals surface area contributed by atoms with E-state index in [1.807, 2.05) is 48.5 Å². The molecule has 2 nitrogen and oxygen atoms in total. The van der Waals surface area contributed by atoms with Gasteiger partial charge in [0.15, 0.2) is 0 Å². The average Bonchev–Trinajstić information content (AvgIpc) is 2.49. The van der Waals surface area contributed by atoms with Crippen molar-refractivity contribution in [3.05, 3.63) is 71.8 Å². The first-order valence-corrected chi connectivity index (χ1v) is 7.11. The molecule has 0 heterocycles. The Labute approximate surface area is 121 Å². The number of benzene rings is 2. The molecule has 106 valence electrons. The van der Waals surface area contributed by atoms with Crippen LogP contribution in [-0.2, 0) is 0 Å². The van der Waals surface area contributed by atoms with Crippen molar-refractivity contribution < 1.29 is 5.11 Å². The maximum Gasteiger partial charge on any atom is 0.0986 e. The summed E-state index contributed by atoms with van der Waals surface area (Å²) in [5.74, 6) is 0. The lowest BCUT2D eigenvalue weighted by Crippen LogP contribution is -2.34.